The third-order valence-corrected chi connectivity index (χ3v) is 5.20. The van der Waals surface area contributed by atoms with Crippen molar-refractivity contribution in [2.24, 2.45) is 0 Å². The number of nitrogens with zero attached hydrogens (tertiary/aromatic N) is 2. The molecule has 0 fully saturated rings. The SMILES string of the molecule is CCCCCS(=O)c1nnc(C(=O)NCCCC)s1. The van der Waals surface area contributed by atoms with Gasteiger partial charge in [-0.15, -0.1) is 10.2 Å². The minimum atomic E-state index is -1.12. The third-order valence-electron chi connectivity index (χ3n) is 2.54. The molecule has 5 nitrogen and oxygen atoms in total. The Kier molecular flexibility index (Phi) is 7.81. The summed E-state index contributed by atoms with van der Waals surface area (Å²) in [7, 11) is -1.12. The number of carbonyl (C=O) groups excluding carboxylic acids is 1. The van der Waals surface area contributed by atoms with Gasteiger partial charge >= 0.3 is 0 Å². The molecule has 0 aromatic carbocycles. The minimum absolute atomic E-state index is 0.220. The molecule has 1 atom stereocenters. The average molecular weight is 303 g/mol. The summed E-state index contributed by atoms with van der Waals surface area (Å²) in [5.41, 5.74) is 0. The van der Waals surface area contributed by atoms with Crippen LogP contribution in [0.3, 0.4) is 0 Å². The summed E-state index contributed by atoms with van der Waals surface area (Å²) >= 11 is 1.13. The van der Waals surface area contributed by atoms with E-state index in [-0.39, 0.29) is 5.91 Å². The number of rotatable bonds is 9. The fraction of sp³-hybridized carbons (Fsp3) is 0.750. The van der Waals surface area contributed by atoms with E-state index in [0.717, 1.165) is 43.4 Å². The highest BCUT2D eigenvalue weighted by molar-refractivity contribution is 7.87. The second-order valence-electron chi connectivity index (χ2n) is 4.24. The topological polar surface area (TPSA) is 72.0 Å². The van der Waals surface area contributed by atoms with Crippen LogP contribution in [-0.2, 0) is 10.8 Å². The van der Waals surface area contributed by atoms with E-state index in [0.29, 0.717) is 21.6 Å². The molecule has 0 radical (unpaired) electrons. The first-order valence-electron chi connectivity index (χ1n) is 6.69. The monoisotopic (exact) mass is 303 g/mol. The van der Waals surface area contributed by atoms with Gasteiger partial charge in [-0.3, -0.25) is 9.00 Å². The van der Waals surface area contributed by atoms with Gasteiger partial charge in [0.1, 0.15) is 0 Å². The number of carbonyl (C=O) groups is 1. The Hall–Kier alpha value is -0.820. The van der Waals surface area contributed by atoms with Crippen LogP contribution in [0.15, 0.2) is 4.34 Å². The summed E-state index contributed by atoms with van der Waals surface area (Å²) in [6.07, 6.45) is 5.05. The molecule has 0 aliphatic rings. The molecule has 1 aromatic rings. The van der Waals surface area contributed by atoms with Gasteiger partial charge in [-0.2, -0.15) is 0 Å². The standard InChI is InChI=1S/C12H21N3O2S2/c1-3-5-7-9-19(17)12-15-14-11(18-12)10(16)13-8-6-4-2/h3-9H2,1-2H3,(H,13,16). The van der Waals surface area contributed by atoms with Crippen molar-refractivity contribution in [3.05, 3.63) is 5.01 Å². The Morgan fingerprint density at radius 3 is 2.63 bits per heavy atom. The number of nitrogens with one attached hydrogen (secondary N) is 1. The Labute approximate surface area is 120 Å². The second-order valence-corrected chi connectivity index (χ2v) is 6.96. The Morgan fingerprint density at radius 1 is 1.21 bits per heavy atom. The molecule has 1 rings (SSSR count). The van der Waals surface area contributed by atoms with Crippen LogP contribution >= 0.6 is 11.3 Å². The predicted molar refractivity (Wildman–Crippen MR) is 78.0 cm³/mol. The van der Waals surface area contributed by atoms with E-state index >= 15 is 0 Å². The van der Waals surface area contributed by atoms with Gasteiger partial charge in [-0.05, 0) is 12.8 Å². The lowest BCUT2D eigenvalue weighted by Gasteiger charge is -1.99. The van der Waals surface area contributed by atoms with E-state index < -0.39 is 10.8 Å². The molecule has 7 heteroatoms. The zero-order valence-electron chi connectivity index (χ0n) is 11.5. The molecule has 0 saturated heterocycles. The highest BCUT2D eigenvalue weighted by Crippen LogP contribution is 2.15. The summed E-state index contributed by atoms with van der Waals surface area (Å²) in [5, 5.41) is 10.7. The molecule has 1 N–H and O–H groups in total. The molecule has 19 heavy (non-hydrogen) atoms. The molecule has 0 saturated carbocycles. The number of unbranched alkanes of at least 4 members (excludes halogenated alkanes) is 3. The quantitative estimate of drug-likeness (QED) is 0.711. The van der Waals surface area contributed by atoms with Crippen LogP contribution in [0, 0.1) is 0 Å². The van der Waals surface area contributed by atoms with Gasteiger partial charge in [0, 0.05) is 12.3 Å². The van der Waals surface area contributed by atoms with Crippen molar-refractivity contribution in [3.63, 3.8) is 0 Å². The minimum Gasteiger partial charge on any atom is -0.350 e. The Bertz CT molecular complexity index is 384. The Balaban J connectivity index is 2.46. The van der Waals surface area contributed by atoms with Crippen molar-refractivity contribution in [3.8, 4) is 0 Å². The van der Waals surface area contributed by atoms with Crippen LogP contribution in [0.2, 0.25) is 0 Å². The van der Waals surface area contributed by atoms with Gasteiger partial charge in [0.05, 0.1) is 10.8 Å². The first-order valence-corrected chi connectivity index (χ1v) is 8.82. The maximum Gasteiger partial charge on any atom is 0.282 e. The summed E-state index contributed by atoms with van der Waals surface area (Å²) < 4.78 is 12.4. The van der Waals surface area contributed by atoms with E-state index in [1.54, 1.807) is 0 Å². The molecular weight excluding hydrogens is 282 g/mol. The molecule has 0 bridgehead atoms. The van der Waals surface area contributed by atoms with Crippen LogP contribution in [0.25, 0.3) is 0 Å². The average Bonchev–Trinajstić information content (AvgIpc) is 2.89. The van der Waals surface area contributed by atoms with Crippen molar-refractivity contribution in [2.45, 2.75) is 50.3 Å². The first kappa shape index (κ1) is 16.2. The summed E-state index contributed by atoms with van der Waals surface area (Å²) in [6, 6.07) is 0. The normalized spacial score (nSPS) is 12.3. The summed E-state index contributed by atoms with van der Waals surface area (Å²) in [5.74, 6) is 0.377. The van der Waals surface area contributed by atoms with E-state index in [2.05, 4.69) is 29.4 Å². The van der Waals surface area contributed by atoms with Crippen LogP contribution in [0.4, 0.5) is 0 Å². The van der Waals surface area contributed by atoms with E-state index in [9.17, 15) is 9.00 Å². The molecule has 1 unspecified atom stereocenters. The molecule has 0 spiro atoms. The van der Waals surface area contributed by atoms with Crippen LogP contribution in [0.1, 0.15) is 55.8 Å². The van der Waals surface area contributed by atoms with E-state index in [1.807, 2.05) is 0 Å². The smallest absolute Gasteiger partial charge is 0.282 e. The number of hydrogen-bond acceptors (Lipinski definition) is 5. The van der Waals surface area contributed by atoms with Gasteiger partial charge < -0.3 is 5.32 Å². The fourth-order valence-corrected chi connectivity index (χ4v) is 3.54. The number of hydrogen-bond donors (Lipinski definition) is 1. The maximum absolute atomic E-state index is 11.9. The van der Waals surface area contributed by atoms with E-state index in [1.165, 1.54) is 0 Å². The van der Waals surface area contributed by atoms with Gasteiger partial charge in [0.15, 0.2) is 0 Å². The lowest BCUT2D eigenvalue weighted by molar-refractivity contribution is 0.0952. The predicted octanol–water partition coefficient (Wildman–Crippen LogP) is 2.37. The van der Waals surface area contributed by atoms with Gasteiger partial charge in [0.25, 0.3) is 5.91 Å². The fourth-order valence-electron chi connectivity index (χ4n) is 1.42. The van der Waals surface area contributed by atoms with Crippen molar-refractivity contribution >= 4 is 28.0 Å². The van der Waals surface area contributed by atoms with Crippen molar-refractivity contribution in [1.29, 1.82) is 0 Å². The molecule has 108 valence electrons. The molecular formula is C12H21N3O2S2. The van der Waals surface area contributed by atoms with Gasteiger partial charge in [0.2, 0.25) is 9.35 Å². The summed E-state index contributed by atoms with van der Waals surface area (Å²) in [6.45, 7) is 4.81. The van der Waals surface area contributed by atoms with Gasteiger partial charge in [-0.1, -0.05) is 44.4 Å². The summed E-state index contributed by atoms with van der Waals surface area (Å²) in [4.78, 5) is 11.7. The van der Waals surface area contributed by atoms with Crippen LogP contribution in [0.5, 0.6) is 0 Å². The van der Waals surface area contributed by atoms with Gasteiger partial charge in [-0.25, -0.2) is 0 Å². The van der Waals surface area contributed by atoms with Crippen molar-refractivity contribution in [2.75, 3.05) is 12.3 Å². The zero-order chi connectivity index (χ0) is 14.1. The van der Waals surface area contributed by atoms with Crippen LogP contribution in [-0.4, -0.2) is 32.6 Å². The molecule has 1 amide bonds. The highest BCUT2D eigenvalue weighted by atomic mass is 32.2. The van der Waals surface area contributed by atoms with Crippen LogP contribution < -0.4 is 5.32 Å². The Morgan fingerprint density at radius 2 is 1.95 bits per heavy atom. The second kappa shape index (κ2) is 9.14. The number of aromatic nitrogens is 2. The number of amides is 1. The largest absolute Gasteiger partial charge is 0.350 e. The highest BCUT2D eigenvalue weighted by Gasteiger charge is 2.15. The molecule has 1 heterocycles. The van der Waals surface area contributed by atoms with Crippen molar-refractivity contribution < 1.29 is 9.00 Å². The molecule has 0 aliphatic carbocycles. The lowest BCUT2D eigenvalue weighted by atomic mass is 10.3. The third kappa shape index (κ3) is 5.78. The zero-order valence-corrected chi connectivity index (χ0v) is 13.1. The van der Waals surface area contributed by atoms with Crippen molar-refractivity contribution in [1.82, 2.24) is 15.5 Å². The lowest BCUT2D eigenvalue weighted by Crippen LogP contribution is -2.24. The maximum atomic E-state index is 11.9. The first-order chi connectivity index (χ1) is 9.19. The molecule has 1 aromatic heterocycles. The molecule has 0 aliphatic heterocycles. The van der Waals surface area contributed by atoms with E-state index in [4.69, 9.17) is 0 Å².